The standard InChI is InChI=1S/C19H28N4O3/c1-11-10-15(16(24)22-18(20)21)12(2)9-14(11)13-5-7-23(8-6-13)17(25)19(3,4)26/h9-10,13,26H,5-8H2,1-4H3,(H4,20,21,22,24). The van der Waals surface area contributed by atoms with E-state index in [2.05, 4.69) is 4.99 Å². The molecule has 1 aromatic carbocycles. The summed E-state index contributed by atoms with van der Waals surface area (Å²) in [5, 5.41) is 9.90. The third-order valence-electron chi connectivity index (χ3n) is 4.82. The van der Waals surface area contributed by atoms with Gasteiger partial charge in [0.25, 0.3) is 11.8 Å². The minimum atomic E-state index is -1.34. The Labute approximate surface area is 154 Å². The predicted octanol–water partition coefficient (Wildman–Crippen LogP) is 1.19. The summed E-state index contributed by atoms with van der Waals surface area (Å²) in [6.45, 7) is 8.09. The second-order valence-corrected chi connectivity index (χ2v) is 7.49. The van der Waals surface area contributed by atoms with Crippen LogP contribution in [0.2, 0.25) is 0 Å². The first kappa shape index (κ1) is 19.9. The molecule has 5 N–H and O–H groups in total. The molecule has 2 amide bonds. The molecule has 0 spiro atoms. The van der Waals surface area contributed by atoms with Crippen LogP contribution in [0.25, 0.3) is 0 Å². The average molecular weight is 360 g/mol. The molecular weight excluding hydrogens is 332 g/mol. The van der Waals surface area contributed by atoms with E-state index in [4.69, 9.17) is 11.5 Å². The van der Waals surface area contributed by atoms with Crippen molar-refractivity contribution in [2.75, 3.05) is 13.1 Å². The fourth-order valence-electron chi connectivity index (χ4n) is 3.47. The largest absolute Gasteiger partial charge is 0.381 e. The second kappa shape index (κ2) is 7.45. The highest BCUT2D eigenvalue weighted by atomic mass is 16.3. The van der Waals surface area contributed by atoms with Crippen LogP contribution in [-0.2, 0) is 4.79 Å². The van der Waals surface area contributed by atoms with Crippen LogP contribution in [0, 0.1) is 13.8 Å². The normalized spacial score (nSPS) is 15.7. The van der Waals surface area contributed by atoms with Gasteiger partial charge in [-0.3, -0.25) is 9.59 Å². The number of nitrogens with zero attached hydrogens (tertiary/aromatic N) is 2. The lowest BCUT2D eigenvalue weighted by Gasteiger charge is -2.35. The monoisotopic (exact) mass is 360 g/mol. The number of piperidine rings is 1. The summed E-state index contributed by atoms with van der Waals surface area (Å²) in [5.41, 5.74) is 12.8. The average Bonchev–Trinajstić information content (AvgIpc) is 2.54. The van der Waals surface area contributed by atoms with E-state index >= 15 is 0 Å². The highest BCUT2D eigenvalue weighted by molar-refractivity contribution is 6.03. The van der Waals surface area contributed by atoms with Crippen molar-refractivity contribution >= 4 is 17.8 Å². The maximum atomic E-state index is 12.2. The van der Waals surface area contributed by atoms with Gasteiger partial charge in [0, 0.05) is 18.7 Å². The lowest BCUT2D eigenvalue weighted by atomic mass is 9.84. The lowest BCUT2D eigenvalue weighted by Crippen LogP contribution is -2.48. The Kier molecular flexibility index (Phi) is 5.71. The molecule has 7 nitrogen and oxygen atoms in total. The number of likely N-dealkylation sites (tertiary alicyclic amines) is 1. The lowest BCUT2D eigenvalue weighted by molar-refractivity contribution is -0.148. The maximum Gasteiger partial charge on any atom is 0.280 e. The van der Waals surface area contributed by atoms with E-state index in [-0.39, 0.29) is 11.9 Å². The molecule has 1 heterocycles. The number of aliphatic imine (C=N–C) groups is 1. The Morgan fingerprint density at radius 1 is 1.15 bits per heavy atom. The summed E-state index contributed by atoms with van der Waals surface area (Å²) in [5.74, 6) is -0.614. The van der Waals surface area contributed by atoms with E-state index in [1.54, 1.807) is 4.90 Å². The molecule has 0 aromatic heterocycles. The Morgan fingerprint density at radius 2 is 1.73 bits per heavy atom. The van der Waals surface area contributed by atoms with E-state index in [0.29, 0.717) is 24.6 Å². The smallest absolute Gasteiger partial charge is 0.280 e. The molecule has 1 saturated heterocycles. The molecule has 0 atom stereocenters. The molecule has 142 valence electrons. The number of hydrogen-bond donors (Lipinski definition) is 3. The first-order valence-electron chi connectivity index (χ1n) is 8.77. The Balaban J connectivity index is 2.16. The molecular formula is C19H28N4O3. The molecule has 1 aromatic rings. The topological polar surface area (TPSA) is 122 Å². The van der Waals surface area contributed by atoms with Crippen molar-refractivity contribution < 1.29 is 14.7 Å². The van der Waals surface area contributed by atoms with Crippen LogP contribution >= 0.6 is 0 Å². The number of carbonyl (C=O) groups is 2. The molecule has 0 radical (unpaired) electrons. The molecule has 2 rings (SSSR count). The summed E-state index contributed by atoms with van der Waals surface area (Å²) < 4.78 is 0. The molecule has 7 heteroatoms. The van der Waals surface area contributed by atoms with Gasteiger partial charge in [0.2, 0.25) is 0 Å². The number of nitrogens with two attached hydrogens (primary N) is 2. The summed E-state index contributed by atoms with van der Waals surface area (Å²) in [4.78, 5) is 29.6. The summed E-state index contributed by atoms with van der Waals surface area (Å²) in [7, 11) is 0. The zero-order valence-electron chi connectivity index (χ0n) is 15.9. The number of benzene rings is 1. The molecule has 26 heavy (non-hydrogen) atoms. The van der Waals surface area contributed by atoms with Crippen molar-refractivity contribution in [3.8, 4) is 0 Å². The molecule has 0 bridgehead atoms. The minimum Gasteiger partial charge on any atom is -0.381 e. The van der Waals surface area contributed by atoms with Crippen LogP contribution in [0.3, 0.4) is 0 Å². The first-order chi connectivity index (χ1) is 12.0. The highest BCUT2D eigenvalue weighted by Gasteiger charge is 2.32. The third-order valence-corrected chi connectivity index (χ3v) is 4.82. The van der Waals surface area contributed by atoms with Gasteiger partial charge < -0.3 is 21.5 Å². The van der Waals surface area contributed by atoms with E-state index in [0.717, 1.165) is 24.0 Å². The second-order valence-electron chi connectivity index (χ2n) is 7.49. The fourth-order valence-corrected chi connectivity index (χ4v) is 3.47. The number of aryl methyl sites for hydroxylation is 2. The van der Waals surface area contributed by atoms with Crippen molar-refractivity contribution in [1.82, 2.24) is 4.90 Å². The number of aliphatic hydroxyl groups is 1. The molecule has 1 aliphatic heterocycles. The van der Waals surface area contributed by atoms with Crippen LogP contribution in [0.15, 0.2) is 17.1 Å². The summed E-state index contributed by atoms with van der Waals surface area (Å²) >= 11 is 0. The van der Waals surface area contributed by atoms with Gasteiger partial charge in [-0.2, -0.15) is 4.99 Å². The number of carbonyl (C=O) groups excluding carboxylic acids is 2. The Hall–Kier alpha value is -2.41. The van der Waals surface area contributed by atoms with Crippen molar-refractivity contribution in [2.45, 2.75) is 52.1 Å². The zero-order chi connectivity index (χ0) is 19.6. The number of guanidine groups is 1. The van der Waals surface area contributed by atoms with Gasteiger partial charge in [0.1, 0.15) is 5.60 Å². The van der Waals surface area contributed by atoms with Gasteiger partial charge in [0.05, 0.1) is 0 Å². The number of rotatable bonds is 3. The van der Waals surface area contributed by atoms with Crippen molar-refractivity contribution in [2.24, 2.45) is 16.5 Å². The summed E-state index contributed by atoms with van der Waals surface area (Å²) in [6, 6.07) is 3.84. The molecule has 0 saturated carbocycles. The minimum absolute atomic E-state index is 0.234. The highest BCUT2D eigenvalue weighted by Crippen LogP contribution is 2.32. The molecule has 0 unspecified atom stereocenters. The van der Waals surface area contributed by atoms with Crippen molar-refractivity contribution in [3.63, 3.8) is 0 Å². The van der Waals surface area contributed by atoms with Crippen LogP contribution in [0.1, 0.15) is 59.7 Å². The van der Waals surface area contributed by atoms with Crippen LogP contribution in [-0.4, -0.2) is 46.5 Å². The van der Waals surface area contributed by atoms with Crippen molar-refractivity contribution in [3.05, 3.63) is 34.4 Å². The van der Waals surface area contributed by atoms with E-state index in [9.17, 15) is 14.7 Å². The van der Waals surface area contributed by atoms with E-state index < -0.39 is 11.5 Å². The van der Waals surface area contributed by atoms with Crippen LogP contribution in [0.5, 0.6) is 0 Å². The van der Waals surface area contributed by atoms with Gasteiger partial charge in [-0.05, 0) is 69.2 Å². The maximum absolute atomic E-state index is 12.2. The fraction of sp³-hybridized carbons (Fsp3) is 0.526. The molecule has 0 aliphatic carbocycles. The summed E-state index contributed by atoms with van der Waals surface area (Å²) in [6.07, 6.45) is 1.65. The number of amides is 2. The van der Waals surface area contributed by atoms with Crippen molar-refractivity contribution in [1.29, 1.82) is 0 Å². The van der Waals surface area contributed by atoms with Gasteiger partial charge in [-0.25, -0.2) is 0 Å². The SMILES string of the molecule is Cc1cc(C2CCN(C(=O)C(C)(C)O)CC2)c(C)cc1C(=O)N=C(N)N. The van der Waals surface area contributed by atoms with Crippen LogP contribution in [0.4, 0.5) is 0 Å². The Bertz CT molecular complexity index is 738. The van der Waals surface area contributed by atoms with E-state index in [1.807, 2.05) is 26.0 Å². The van der Waals surface area contributed by atoms with Gasteiger partial charge >= 0.3 is 0 Å². The third kappa shape index (κ3) is 4.40. The van der Waals surface area contributed by atoms with Gasteiger partial charge in [0.15, 0.2) is 5.96 Å². The van der Waals surface area contributed by atoms with Gasteiger partial charge in [-0.1, -0.05) is 6.07 Å². The zero-order valence-corrected chi connectivity index (χ0v) is 15.9. The Morgan fingerprint density at radius 3 is 2.23 bits per heavy atom. The van der Waals surface area contributed by atoms with Crippen LogP contribution < -0.4 is 11.5 Å². The predicted molar refractivity (Wildman–Crippen MR) is 101 cm³/mol. The molecule has 1 fully saturated rings. The number of hydrogen-bond acceptors (Lipinski definition) is 3. The van der Waals surface area contributed by atoms with E-state index in [1.165, 1.54) is 19.4 Å². The molecule has 1 aliphatic rings. The van der Waals surface area contributed by atoms with Gasteiger partial charge in [-0.15, -0.1) is 0 Å². The quantitative estimate of drug-likeness (QED) is 0.552. The first-order valence-corrected chi connectivity index (χ1v) is 8.77.